The van der Waals surface area contributed by atoms with Gasteiger partial charge in [0.2, 0.25) is 5.91 Å². The average Bonchev–Trinajstić information content (AvgIpc) is 2.99. The first-order valence-electron chi connectivity index (χ1n) is 9.50. The summed E-state index contributed by atoms with van der Waals surface area (Å²) in [6, 6.07) is 10.3. The van der Waals surface area contributed by atoms with Crippen LogP contribution in [-0.4, -0.2) is 54.0 Å². The fourth-order valence-electron chi connectivity index (χ4n) is 3.94. The molecule has 0 bridgehead atoms. The minimum Gasteiger partial charge on any atom is -0.337 e. The molecule has 1 amide bonds. The number of carbonyl (C=O) groups excluding carboxylic acids is 1. The van der Waals surface area contributed by atoms with E-state index in [0.717, 1.165) is 69.9 Å². The lowest BCUT2D eigenvalue weighted by molar-refractivity contribution is -0.123. The van der Waals surface area contributed by atoms with Crippen molar-refractivity contribution in [3.05, 3.63) is 34.9 Å². The molecule has 1 aliphatic heterocycles. The van der Waals surface area contributed by atoms with Crippen molar-refractivity contribution in [2.24, 2.45) is 0 Å². The number of nitrogens with zero attached hydrogens (tertiary/aromatic N) is 3. The smallest absolute Gasteiger partial charge is 0.235 e. The van der Waals surface area contributed by atoms with Gasteiger partial charge in [-0.2, -0.15) is 5.26 Å². The van der Waals surface area contributed by atoms with E-state index in [1.54, 1.807) is 0 Å². The van der Waals surface area contributed by atoms with Gasteiger partial charge in [0.15, 0.2) is 0 Å². The lowest BCUT2D eigenvalue weighted by Gasteiger charge is -2.25. The highest BCUT2D eigenvalue weighted by molar-refractivity contribution is 6.30. The molecule has 1 N–H and O–H groups in total. The third kappa shape index (κ3) is 6.36. The van der Waals surface area contributed by atoms with Gasteiger partial charge in [-0.1, -0.05) is 23.7 Å². The zero-order valence-electron chi connectivity index (χ0n) is 15.6. The molecular weight excluding hydrogens is 383 g/mol. The maximum atomic E-state index is 12.4. The molecule has 0 unspecified atom stereocenters. The third-order valence-corrected chi connectivity index (χ3v) is 5.67. The van der Waals surface area contributed by atoms with Crippen molar-refractivity contribution in [2.75, 3.05) is 32.7 Å². The van der Waals surface area contributed by atoms with Crippen molar-refractivity contribution in [1.29, 1.82) is 5.26 Å². The summed E-state index contributed by atoms with van der Waals surface area (Å²) >= 11 is 5.95. The lowest BCUT2D eigenvalue weighted by atomic mass is 10.00. The van der Waals surface area contributed by atoms with Gasteiger partial charge in [-0.15, -0.1) is 12.4 Å². The molecular formula is C20H28Cl2N4O. The Kier molecular flexibility index (Phi) is 8.37. The predicted octanol–water partition coefficient (Wildman–Crippen LogP) is 3.22. The van der Waals surface area contributed by atoms with Crippen molar-refractivity contribution >= 4 is 29.9 Å². The quantitative estimate of drug-likeness (QED) is 0.809. The number of hydrogen-bond donors (Lipinski definition) is 1. The Morgan fingerprint density at radius 2 is 1.70 bits per heavy atom. The van der Waals surface area contributed by atoms with Crippen LogP contribution >= 0.6 is 24.0 Å². The van der Waals surface area contributed by atoms with Crippen LogP contribution in [-0.2, 0) is 11.3 Å². The summed E-state index contributed by atoms with van der Waals surface area (Å²) in [6.07, 6.45) is 4.66. The minimum absolute atomic E-state index is 0. The monoisotopic (exact) mass is 410 g/mol. The number of nitriles is 1. The van der Waals surface area contributed by atoms with Crippen LogP contribution in [0.1, 0.15) is 37.7 Å². The third-order valence-electron chi connectivity index (χ3n) is 5.42. The Morgan fingerprint density at radius 1 is 1.07 bits per heavy atom. The second-order valence-electron chi connectivity index (χ2n) is 7.48. The Bertz CT molecular complexity index is 653. The van der Waals surface area contributed by atoms with Gasteiger partial charge in [0.1, 0.15) is 5.54 Å². The van der Waals surface area contributed by atoms with E-state index >= 15 is 0 Å². The van der Waals surface area contributed by atoms with Crippen LogP contribution in [0.15, 0.2) is 24.3 Å². The van der Waals surface area contributed by atoms with Crippen LogP contribution in [0.4, 0.5) is 0 Å². The number of hydrogen-bond acceptors (Lipinski definition) is 4. The van der Waals surface area contributed by atoms with E-state index < -0.39 is 5.54 Å². The van der Waals surface area contributed by atoms with Crippen molar-refractivity contribution in [3.8, 4) is 6.07 Å². The first kappa shape index (κ1) is 22.0. The van der Waals surface area contributed by atoms with Gasteiger partial charge < -0.3 is 5.32 Å². The van der Waals surface area contributed by atoms with E-state index in [0.29, 0.717) is 6.54 Å². The molecule has 27 heavy (non-hydrogen) atoms. The van der Waals surface area contributed by atoms with E-state index in [2.05, 4.69) is 33.3 Å². The molecule has 1 saturated heterocycles. The van der Waals surface area contributed by atoms with E-state index in [-0.39, 0.29) is 18.3 Å². The number of nitrogens with one attached hydrogen (secondary N) is 1. The van der Waals surface area contributed by atoms with Crippen LogP contribution in [0.2, 0.25) is 5.02 Å². The van der Waals surface area contributed by atoms with Gasteiger partial charge >= 0.3 is 0 Å². The van der Waals surface area contributed by atoms with Gasteiger partial charge in [0, 0.05) is 24.7 Å². The Labute approximate surface area is 173 Å². The van der Waals surface area contributed by atoms with E-state index in [1.807, 2.05) is 12.1 Å². The fourth-order valence-corrected chi connectivity index (χ4v) is 4.07. The van der Waals surface area contributed by atoms with Gasteiger partial charge in [-0.25, -0.2) is 0 Å². The zero-order valence-corrected chi connectivity index (χ0v) is 17.2. The van der Waals surface area contributed by atoms with Crippen molar-refractivity contribution in [2.45, 2.75) is 44.2 Å². The molecule has 148 valence electrons. The minimum atomic E-state index is -0.621. The first-order valence-corrected chi connectivity index (χ1v) is 9.88. The highest BCUT2D eigenvalue weighted by atomic mass is 35.5. The van der Waals surface area contributed by atoms with Crippen molar-refractivity contribution in [1.82, 2.24) is 15.1 Å². The average molecular weight is 411 g/mol. The summed E-state index contributed by atoms with van der Waals surface area (Å²) in [5, 5.41) is 13.2. The molecule has 1 aromatic rings. The SMILES string of the molecule is Cl.N#CC1(NC(=O)CN2CCCN(Cc3ccc(Cl)cc3)CC2)CCCC1. The van der Waals surface area contributed by atoms with E-state index in [4.69, 9.17) is 11.6 Å². The van der Waals surface area contributed by atoms with Crippen LogP contribution in [0, 0.1) is 11.3 Å². The summed E-state index contributed by atoms with van der Waals surface area (Å²) in [5.41, 5.74) is 0.640. The topological polar surface area (TPSA) is 59.4 Å². The molecule has 0 atom stereocenters. The molecule has 2 fully saturated rings. The molecule has 2 aliphatic rings. The van der Waals surface area contributed by atoms with Gasteiger partial charge in [-0.3, -0.25) is 14.6 Å². The van der Waals surface area contributed by atoms with E-state index in [9.17, 15) is 10.1 Å². The lowest BCUT2D eigenvalue weighted by Crippen LogP contribution is -2.49. The number of carbonyl (C=O) groups is 1. The van der Waals surface area contributed by atoms with Crippen LogP contribution in [0.5, 0.6) is 0 Å². The normalized spacial score (nSPS) is 20.3. The Hall–Kier alpha value is -1.32. The predicted molar refractivity (Wildman–Crippen MR) is 110 cm³/mol. The van der Waals surface area contributed by atoms with Crippen molar-refractivity contribution < 1.29 is 4.79 Å². The van der Waals surface area contributed by atoms with E-state index in [1.165, 1.54) is 5.56 Å². The standard InChI is InChI=1S/C20H27ClN4O.ClH/c21-18-6-4-17(5-7-18)14-24-10-3-11-25(13-12-24)15-19(26)23-20(16-22)8-1-2-9-20;/h4-7H,1-3,8-15H2,(H,23,26);1H. The molecule has 0 radical (unpaired) electrons. The molecule has 0 spiro atoms. The second kappa shape index (κ2) is 10.3. The zero-order chi connectivity index (χ0) is 18.4. The van der Waals surface area contributed by atoms with Gasteiger partial charge in [0.05, 0.1) is 12.6 Å². The summed E-state index contributed by atoms with van der Waals surface area (Å²) in [4.78, 5) is 17.0. The second-order valence-corrected chi connectivity index (χ2v) is 7.92. The van der Waals surface area contributed by atoms with Crippen LogP contribution < -0.4 is 5.32 Å². The summed E-state index contributed by atoms with van der Waals surface area (Å²) in [7, 11) is 0. The summed E-state index contributed by atoms with van der Waals surface area (Å²) in [6.45, 7) is 5.07. The molecule has 7 heteroatoms. The molecule has 1 heterocycles. The number of rotatable bonds is 5. The molecule has 0 aromatic heterocycles. The van der Waals surface area contributed by atoms with Crippen LogP contribution in [0.3, 0.4) is 0 Å². The maximum Gasteiger partial charge on any atom is 0.235 e. The summed E-state index contributed by atoms with van der Waals surface area (Å²) < 4.78 is 0. The van der Waals surface area contributed by atoms with Gasteiger partial charge in [-0.05, 0) is 62.9 Å². The highest BCUT2D eigenvalue weighted by Gasteiger charge is 2.35. The molecule has 5 nitrogen and oxygen atoms in total. The molecule has 3 rings (SSSR count). The maximum absolute atomic E-state index is 12.4. The molecule has 1 aromatic carbocycles. The Balaban J connectivity index is 0.00000261. The van der Waals surface area contributed by atoms with Gasteiger partial charge in [0.25, 0.3) is 0 Å². The number of halogens is 2. The fraction of sp³-hybridized carbons (Fsp3) is 0.600. The molecule has 1 saturated carbocycles. The highest BCUT2D eigenvalue weighted by Crippen LogP contribution is 2.28. The largest absolute Gasteiger partial charge is 0.337 e. The first-order chi connectivity index (χ1) is 12.6. The summed E-state index contributed by atoms with van der Waals surface area (Å²) in [5.74, 6) is -0.0143. The van der Waals surface area contributed by atoms with Crippen LogP contribution in [0.25, 0.3) is 0 Å². The molecule has 1 aliphatic carbocycles. The van der Waals surface area contributed by atoms with Crippen molar-refractivity contribution in [3.63, 3.8) is 0 Å². The number of benzene rings is 1. The number of amides is 1. The Morgan fingerprint density at radius 3 is 2.37 bits per heavy atom.